The zero-order chi connectivity index (χ0) is 29.1. The van der Waals surface area contributed by atoms with Crippen molar-refractivity contribution >= 4 is 38.8 Å². The molecule has 1 saturated heterocycles. The van der Waals surface area contributed by atoms with Gasteiger partial charge in [-0.1, -0.05) is 18.2 Å². The number of carbonyl (C=O) groups excluding carboxylic acids is 2. The van der Waals surface area contributed by atoms with Crippen LogP contribution in [0.2, 0.25) is 0 Å². The summed E-state index contributed by atoms with van der Waals surface area (Å²) < 4.78 is 20.2. The van der Waals surface area contributed by atoms with Crippen LogP contribution in [0.5, 0.6) is 11.5 Å². The maximum atomic E-state index is 14.1. The molecule has 10 heteroatoms. The molecule has 8 nitrogen and oxygen atoms in total. The van der Waals surface area contributed by atoms with Gasteiger partial charge in [0.2, 0.25) is 0 Å². The van der Waals surface area contributed by atoms with Crippen LogP contribution in [0.15, 0.2) is 54.6 Å². The van der Waals surface area contributed by atoms with Crippen LogP contribution in [-0.4, -0.2) is 42.8 Å². The summed E-state index contributed by atoms with van der Waals surface area (Å²) in [4.78, 5) is 30.3. The Labute approximate surface area is 241 Å². The number of carbonyl (C=O) groups is 2. The topological polar surface area (TPSA) is 137 Å². The van der Waals surface area contributed by atoms with Gasteiger partial charge >= 0.3 is 0 Å². The van der Waals surface area contributed by atoms with Crippen LogP contribution in [0.4, 0.5) is 10.1 Å². The molecule has 0 radical (unpaired) electrons. The molecule has 0 spiro atoms. The summed E-state index contributed by atoms with van der Waals surface area (Å²) in [6.07, 6.45) is 1.88. The van der Waals surface area contributed by atoms with E-state index < -0.39 is 23.2 Å². The van der Waals surface area contributed by atoms with Crippen molar-refractivity contribution in [1.82, 2.24) is 10.2 Å². The molecule has 0 saturated carbocycles. The molecule has 1 aliphatic carbocycles. The number of likely N-dealkylation sites (tertiary alicyclic amines) is 1. The van der Waals surface area contributed by atoms with E-state index in [1.54, 1.807) is 42.5 Å². The van der Waals surface area contributed by atoms with Gasteiger partial charge in [0.25, 0.3) is 5.91 Å². The van der Waals surface area contributed by atoms with Gasteiger partial charge in [-0.25, -0.2) is 4.39 Å². The molecule has 3 aromatic carbocycles. The number of anilines is 1. The first-order chi connectivity index (χ1) is 19.6. The van der Waals surface area contributed by atoms with Crippen molar-refractivity contribution in [2.24, 2.45) is 11.5 Å². The highest BCUT2D eigenvalue weighted by Gasteiger charge is 2.49. The van der Waals surface area contributed by atoms with Gasteiger partial charge < -0.3 is 32.2 Å². The van der Waals surface area contributed by atoms with Gasteiger partial charge in [0.1, 0.15) is 22.9 Å². The maximum absolute atomic E-state index is 14.1. The van der Waals surface area contributed by atoms with Crippen LogP contribution in [0, 0.1) is 12.7 Å². The summed E-state index contributed by atoms with van der Waals surface area (Å²) in [5.41, 5.74) is 21.3. The van der Waals surface area contributed by atoms with E-state index in [2.05, 4.69) is 10.2 Å². The SMILES string of the molecule is Cc1cc(Oc2cccc(F)c2)ccc1C1(N)C(=O)C(N)c2c(C(=O)NC3CCCN(C)C3)sc3c(N)ccc1c23. The third kappa shape index (κ3) is 4.57. The van der Waals surface area contributed by atoms with Gasteiger partial charge in [0.05, 0.1) is 15.6 Å². The fourth-order valence-electron chi connectivity index (χ4n) is 6.17. The molecular formula is C31H32FN5O3S. The zero-order valence-corrected chi connectivity index (χ0v) is 23.7. The first-order valence-electron chi connectivity index (χ1n) is 13.6. The molecule has 1 amide bonds. The van der Waals surface area contributed by atoms with Crippen molar-refractivity contribution in [2.45, 2.75) is 37.4 Å². The number of likely N-dealkylation sites (N-methyl/N-ethyl adjacent to an activating group) is 1. The van der Waals surface area contributed by atoms with Gasteiger partial charge in [-0.15, -0.1) is 11.3 Å². The summed E-state index contributed by atoms with van der Waals surface area (Å²) in [5, 5.41) is 3.81. The summed E-state index contributed by atoms with van der Waals surface area (Å²) in [6, 6.07) is 13.4. The predicted octanol–water partition coefficient (Wildman–Crippen LogP) is 4.33. The van der Waals surface area contributed by atoms with Crippen molar-refractivity contribution in [3.63, 3.8) is 0 Å². The molecule has 0 bridgehead atoms. The van der Waals surface area contributed by atoms with Crippen LogP contribution in [0.25, 0.3) is 10.1 Å². The Kier molecular flexibility index (Phi) is 6.82. The van der Waals surface area contributed by atoms with Crippen molar-refractivity contribution in [3.05, 3.63) is 87.5 Å². The minimum atomic E-state index is -1.58. The Morgan fingerprint density at radius 3 is 2.63 bits per heavy atom. The number of amides is 1. The first kappa shape index (κ1) is 27.3. The van der Waals surface area contributed by atoms with E-state index in [9.17, 15) is 14.0 Å². The first-order valence-corrected chi connectivity index (χ1v) is 14.4. The third-order valence-electron chi connectivity index (χ3n) is 8.13. The summed E-state index contributed by atoms with van der Waals surface area (Å²) in [6.45, 7) is 3.59. The van der Waals surface area contributed by atoms with Gasteiger partial charge in [-0.3, -0.25) is 9.59 Å². The number of benzene rings is 3. The number of piperidine rings is 1. The molecule has 3 atom stereocenters. The highest BCUT2D eigenvalue weighted by Crippen LogP contribution is 2.50. The maximum Gasteiger partial charge on any atom is 0.262 e. The number of nitrogen functional groups attached to an aromatic ring is 1. The fraction of sp³-hybridized carbons (Fsp3) is 0.290. The molecule has 1 aliphatic heterocycles. The van der Waals surface area contributed by atoms with Crippen LogP contribution < -0.4 is 27.3 Å². The highest BCUT2D eigenvalue weighted by atomic mass is 32.1. The van der Waals surface area contributed by atoms with Crippen LogP contribution in [0.3, 0.4) is 0 Å². The number of thiophene rings is 1. The number of aryl methyl sites for hydroxylation is 1. The lowest BCUT2D eigenvalue weighted by molar-refractivity contribution is -0.124. The van der Waals surface area contributed by atoms with Gasteiger partial charge in [0, 0.05) is 35.3 Å². The number of nitrogens with one attached hydrogen (secondary N) is 1. The Morgan fingerprint density at radius 1 is 1.15 bits per heavy atom. The molecule has 3 unspecified atom stereocenters. The van der Waals surface area contributed by atoms with Crippen molar-refractivity contribution in [1.29, 1.82) is 0 Å². The minimum absolute atomic E-state index is 0.00959. The lowest BCUT2D eigenvalue weighted by Crippen LogP contribution is -2.53. The van der Waals surface area contributed by atoms with Crippen LogP contribution in [0.1, 0.15) is 50.8 Å². The Morgan fingerprint density at radius 2 is 1.90 bits per heavy atom. The molecule has 41 heavy (non-hydrogen) atoms. The van der Waals surface area contributed by atoms with Crippen molar-refractivity contribution < 1.29 is 18.7 Å². The Bertz CT molecular complexity index is 1700. The van der Waals surface area contributed by atoms with E-state index in [0.29, 0.717) is 54.4 Å². The average molecular weight is 574 g/mol. The second kappa shape index (κ2) is 10.2. The summed E-state index contributed by atoms with van der Waals surface area (Å²) >= 11 is 1.25. The second-order valence-corrected chi connectivity index (χ2v) is 12.0. The fourth-order valence-corrected chi connectivity index (χ4v) is 7.37. The third-order valence-corrected chi connectivity index (χ3v) is 9.39. The van der Waals surface area contributed by atoms with E-state index in [1.807, 2.05) is 14.0 Å². The molecule has 7 N–H and O–H groups in total. The number of ether oxygens (including phenoxy) is 1. The predicted molar refractivity (Wildman–Crippen MR) is 159 cm³/mol. The molecule has 1 fully saturated rings. The van der Waals surface area contributed by atoms with E-state index in [1.165, 1.54) is 23.5 Å². The zero-order valence-electron chi connectivity index (χ0n) is 22.9. The second-order valence-electron chi connectivity index (χ2n) is 11.0. The smallest absolute Gasteiger partial charge is 0.262 e. The Balaban J connectivity index is 1.42. The summed E-state index contributed by atoms with van der Waals surface area (Å²) in [5.74, 6) is -0.253. The monoisotopic (exact) mass is 573 g/mol. The Hall–Kier alpha value is -3.83. The van der Waals surface area contributed by atoms with Crippen LogP contribution in [-0.2, 0) is 10.3 Å². The number of halogens is 1. The molecule has 4 aromatic rings. The lowest BCUT2D eigenvalue weighted by atomic mass is 9.69. The normalized spacial score (nSPS) is 22.6. The number of nitrogens with zero attached hydrogens (tertiary/aromatic N) is 1. The number of hydrogen-bond donors (Lipinski definition) is 4. The van der Waals surface area contributed by atoms with E-state index in [4.69, 9.17) is 21.9 Å². The molecule has 1 aromatic heterocycles. The molecule has 6 rings (SSSR count). The minimum Gasteiger partial charge on any atom is -0.457 e. The number of nitrogens with two attached hydrogens (primary N) is 3. The standard InChI is InChI=1S/C31H32FN5O3S/c1-16-13-20(40-19-7-3-5-17(32)14-19)8-9-21(16)31(35)22-10-11-23(33)27-24(22)25(26(34)29(31)38)28(41-27)30(39)36-18-6-4-12-37(2)15-18/h3,5,7-11,13-14,18,26H,4,6,12,15,33-35H2,1-2H3,(H,36,39). The molecule has 2 aliphatic rings. The molecule has 2 heterocycles. The number of Topliss-reactive ketones (excluding diaryl/α,β-unsaturated/α-hetero) is 1. The van der Waals surface area contributed by atoms with Gasteiger partial charge in [0.15, 0.2) is 5.78 Å². The largest absolute Gasteiger partial charge is 0.457 e. The van der Waals surface area contributed by atoms with Gasteiger partial charge in [-0.05, 0) is 80.4 Å². The number of rotatable bonds is 5. The average Bonchev–Trinajstić information content (AvgIpc) is 3.33. The van der Waals surface area contributed by atoms with Crippen molar-refractivity contribution in [3.8, 4) is 11.5 Å². The lowest BCUT2D eigenvalue weighted by Gasteiger charge is -2.37. The van der Waals surface area contributed by atoms with Crippen molar-refractivity contribution in [2.75, 3.05) is 25.9 Å². The van der Waals surface area contributed by atoms with E-state index >= 15 is 0 Å². The van der Waals surface area contributed by atoms with E-state index in [-0.39, 0.29) is 11.9 Å². The van der Waals surface area contributed by atoms with Gasteiger partial charge in [-0.2, -0.15) is 0 Å². The number of ketones is 1. The number of hydrogen-bond acceptors (Lipinski definition) is 8. The summed E-state index contributed by atoms with van der Waals surface area (Å²) in [7, 11) is 2.03. The molecule has 212 valence electrons. The van der Waals surface area contributed by atoms with E-state index in [0.717, 1.165) is 25.9 Å². The molecular weight excluding hydrogens is 541 g/mol. The quantitative estimate of drug-likeness (QED) is 0.261. The highest BCUT2D eigenvalue weighted by molar-refractivity contribution is 7.21. The van der Waals surface area contributed by atoms with Crippen LogP contribution >= 0.6 is 11.3 Å².